The molecule has 7 heteroatoms. The maximum absolute atomic E-state index is 13.2. The second-order valence-electron chi connectivity index (χ2n) is 7.44. The Labute approximate surface area is 198 Å². The van der Waals surface area contributed by atoms with Crippen LogP contribution in [0.1, 0.15) is 44.2 Å². The lowest BCUT2D eigenvalue weighted by Crippen LogP contribution is -2.50. The number of rotatable bonds is 11. The molecule has 0 bridgehead atoms. The highest BCUT2D eigenvalue weighted by atomic mass is 79.9. The van der Waals surface area contributed by atoms with E-state index in [2.05, 4.69) is 28.2 Å². The van der Waals surface area contributed by atoms with E-state index in [-0.39, 0.29) is 18.4 Å². The number of hydrogen-bond donors (Lipinski definition) is 1. The molecular weight excluding hydrogens is 480 g/mol. The van der Waals surface area contributed by atoms with E-state index in [1.807, 2.05) is 38.1 Å². The normalized spacial score (nSPS) is 11.6. The SMILES string of the molecule is CCCCNC(=O)C(CC)N(Cc1cccc(C)c1)C(=O)COc1ccc(Cl)cc1Br. The topological polar surface area (TPSA) is 58.6 Å². The zero-order valence-corrected chi connectivity index (χ0v) is 20.6. The van der Waals surface area contributed by atoms with Gasteiger partial charge >= 0.3 is 0 Å². The number of carbonyl (C=O) groups excluding carboxylic acids is 2. The van der Waals surface area contributed by atoms with Crippen LogP contribution in [0.5, 0.6) is 5.75 Å². The molecule has 2 aromatic rings. The molecule has 2 rings (SSSR count). The van der Waals surface area contributed by atoms with E-state index in [4.69, 9.17) is 16.3 Å². The number of unbranched alkanes of at least 4 members (excludes halogenated alkanes) is 1. The van der Waals surface area contributed by atoms with Crippen molar-refractivity contribution in [1.29, 1.82) is 0 Å². The van der Waals surface area contributed by atoms with Crippen molar-refractivity contribution < 1.29 is 14.3 Å². The lowest BCUT2D eigenvalue weighted by molar-refractivity contribution is -0.143. The number of aryl methyl sites for hydroxylation is 1. The predicted molar refractivity (Wildman–Crippen MR) is 128 cm³/mol. The molecule has 1 N–H and O–H groups in total. The third-order valence-corrected chi connectivity index (χ3v) is 5.75. The van der Waals surface area contributed by atoms with Gasteiger partial charge in [-0.3, -0.25) is 9.59 Å². The zero-order valence-electron chi connectivity index (χ0n) is 18.3. The summed E-state index contributed by atoms with van der Waals surface area (Å²) in [6.45, 7) is 6.76. The molecule has 0 aromatic heterocycles. The quantitative estimate of drug-likeness (QED) is 0.406. The minimum Gasteiger partial charge on any atom is -0.483 e. The van der Waals surface area contributed by atoms with E-state index in [1.165, 1.54) is 0 Å². The second kappa shape index (κ2) is 12.7. The zero-order chi connectivity index (χ0) is 22.8. The van der Waals surface area contributed by atoms with Crippen LogP contribution in [0.2, 0.25) is 5.02 Å². The number of halogens is 2. The summed E-state index contributed by atoms with van der Waals surface area (Å²) in [4.78, 5) is 27.7. The fraction of sp³-hybridized carbons (Fsp3) is 0.417. The summed E-state index contributed by atoms with van der Waals surface area (Å²) < 4.78 is 6.41. The first-order valence-corrected chi connectivity index (χ1v) is 11.7. The highest BCUT2D eigenvalue weighted by Gasteiger charge is 2.29. The third-order valence-electron chi connectivity index (χ3n) is 4.90. The van der Waals surface area contributed by atoms with Crippen LogP contribution in [0, 0.1) is 6.92 Å². The van der Waals surface area contributed by atoms with Crippen molar-refractivity contribution in [1.82, 2.24) is 10.2 Å². The van der Waals surface area contributed by atoms with Crippen LogP contribution in [-0.4, -0.2) is 35.9 Å². The molecule has 0 aliphatic heterocycles. The number of nitrogens with zero attached hydrogens (tertiary/aromatic N) is 1. The smallest absolute Gasteiger partial charge is 0.261 e. The summed E-state index contributed by atoms with van der Waals surface area (Å²) in [6, 6.07) is 12.5. The van der Waals surface area contributed by atoms with Crippen LogP contribution in [0.15, 0.2) is 46.9 Å². The van der Waals surface area contributed by atoms with Crippen LogP contribution < -0.4 is 10.1 Å². The monoisotopic (exact) mass is 508 g/mol. The minimum absolute atomic E-state index is 0.135. The summed E-state index contributed by atoms with van der Waals surface area (Å²) in [6.07, 6.45) is 2.41. The molecule has 0 saturated carbocycles. The molecule has 0 aliphatic carbocycles. The molecule has 0 fully saturated rings. The van der Waals surface area contributed by atoms with E-state index >= 15 is 0 Å². The third kappa shape index (κ3) is 7.86. The predicted octanol–water partition coefficient (Wildman–Crippen LogP) is 5.51. The van der Waals surface area contributed by atoms with Gasteiger partial charge in [0, 0.05) is 18.1 Å². The summed E-state index contributed by atoms with van der Waals surface area (Å²) in [5.41, 5.74) is 2.08. The Bertz CT molecular complexity index is 891. The van der Waals surface area contributed by atoms with Crippen LogP contribution in [0.25, 0.3) is 0 Å². The first-order valence-electron chi connectivity index (χ1n) is 10.6. The van der Waals surface area contributed by atoms with Crippen molar-refractivity contribution in [3.63, 3.8) is 0 Å². The van der Waals surface area contributed by atoms with E-state index < -0.39 is 6.04 Å². The van der Waals surface area contributed by atoms with Crippen LogP contribution in [0.4, 0.5) is 0 Å². The van der Waals surface area contributed by atoms with Crippen LogP contribution in [-0.2, 0) is 16.1 Å². The van der Waals surface area contributed by atoms with Gasteiger partial charge in [0.2, 0.25) is 5.91 Å². The van der Waals surface area contributed by atoms with Gasteiger partial charge in [-0.25, -0.2) is 0 Å². The Morgan fingerprint density at radius 2 is 1.97 bits per heavy atom. The molecule has 0 saturated heterocycles. The van der Waals surface area contributed by atoms with Crippen molar-refractivity contribution in [2.45, 2.75) is 52.6 Å². The number of carbonyl (C=O) groups is 2. The van der Waals surface area contributed by atoms with E-state index in [0.717, 1.165) is 24.0 Å². The fourth-order valence-electron chi connectivity index (χ4n) is 3.25. The molecule has 0 spiro atoms. The molecule has 5 nitrogen and oxygen atoms in total. The van der Waals surface area contributed by atoms with Crippen LogP contribution >= 0.6 is 27.5 Å². The number of ether oxygens (including phenoxy) is 1. The highest BCUT2D eigenvalue weighted by molar-refractivity contribution is 9.10. The van der Waals surface area contributed by atoms with E-state index in [1.54, 1.807) is 23.1 Å². The summed E-state index contributed by atoms with van der Waals surface area (Å²) in [5, 5.41) is 3.53. The van der Waals surface area contributed by atoms with E-state index in [9.17, 15) is 9.59 Å². The van der Waals surface area contributed by atoms with Crippen molar-refractivity contribution in [3.05, 3.63) is 63.1 Å². The van der Waals surface area contributed by atoms with Gasteiger partial charge in [0.1, 0.15) is 11.8 Å². The first kappa shape index (κ1) is 25.2. The first-order chi connectivity index (χ1) is 14.8. The average molecular weight is 510 g/mol. The van der Waals surface area contributed by atoms with Crippen molar-refractivity contribution in [3.8, 4) is 5.75 Å². The minimum atomic E-state index is -0.567. The highest BCUT2D eigenvalue weighted by Crippen LogP contribution is 2.28. The maximum atomic E-state index is 13.2. The Morgan fingerprint density at radius 1 is 1.19 bits per heavy atom. The Balaban J connectivity index is 2.19. The summed E-state index contributed by atoms with van der Waals surface area (Å²) in [5.74, 6) is 0.138. The number of hydrogen-bond acceptors (Lipinski definition) is 3. The van der Waals surface area contributed by atoms with Gasteiger partial charge in [-0.2, -0.15) is 0 Å². The van der Waals surface area contributed by atoms with Crippen molar-refractivity contribution in [2.75, 3.05) is 13.2 Å². The number of benzene rings is 2. The standard InChI is InChI=1S/C24H30BrClN2O3/c1-4-6-12-27-24(30)21(5-2)28(15-18-9-7-8-17(3)13-18)23(29)16-31-22-11-10-19(26)14-20(22)25/h7-11,13-14,21H,4-6,12,15-16H2,1-3H3,(H,27,30). The van der Waals surface area contributed by atoms with Crippen molar-refractivity contribution >= 4 is 39.3 Å². The summed E-state index contributed by atoms with van der Waals surface area (Å²) in [7, 11) is 0. The molecule has 0 heterocycles. The molecule has 168 valence electrons. The second-order valence-corrected chi connectivity index (χ2v) is 8.73. The van der Waals surface area contributed by atoms with Gasteiger partial charge in [-0.1, -0.05) is 61.7 Å². The van der Waals surface area contributed by atoms with Gasteiger partial charge in [0.15, 0.2) is 6.61 Å². The fourth-order valence-corrected chi connectivity index (χ4v) is 4.04. The lowest BCUT2D eigenvalue weighted by Gasteiger charge is -2.30. The maximum Gasteiger partial charge on any atom is 0.261 e. The number of amides is 2. The van der Waals surface area contributed by atoms with Gasteiger partial charge in [-0.15, -0.1) is 0 Å². The van der Waals surface area contributed by atoms with Crippen molar-refractivity contribution in [2.24, 2.45) is 0 Å². The van der Waals surface area contributed by atoms with E-state index in [0.29, 0.717) is 34.8 Å². The Morgan fingerprint density at radius 3 is 2.61 bits per heavy atom. The molecule has 2 aromatic carbocycles. The lowest BCUT2D eigenvalue weighted by atomic mass is 10.1. The Hall–Kier alpha value is -2.05. The molecule has 0 radical (unpaired) electrons. The van der Waals surface area contributed by atoms with Gasteiger partial charge < -0.3 is 15.0 Å². The molecular formula is C24H30BrClN2O3. The van der Waals surface area contributed by atoms with Gasteiger partial charge in [-0.05, 0) is 59.5 Å². The molecule has 2 amide bonds. The molecule has 1 atom stereocenters. The van der Waals surface area contributed by atoms with Gasteiger partial charge in [0.05, 0.1) is 4.47 Å². The molecule has 1 unspecified atom stereocenters. The molecule has 31 heavy (non-hydrogen) atoms. The summed E-state index contributed by atoms with van der Waals surface area (Å²) >= 11 is 9.37. The number of nitrogens with one attached hydrogen (secondary N) is 1. The molecule has 0 aliphatic rings. The largest absolute Gasteiger partial charge is 0.483 e. The average Bonchev–Trinajstić information content (AvgIpc) is 2.73. The van der Waals surface area contributed by atoms with Crippen LogP contribution in [0.3, 0.4) is 0 Å². The van der Waals surface area contributed by atoms with Gasteiger partial charge in [0.25, 0.3) is 5.91 Å². The Kier molecular flexibility index (Phi) is 10.3.